The number of nitrogens with one attached hydrogen (secondary N) is 1. The standard InChI is InChI=1S/C17H16N2O2S/c1-13-6-2-3-8-15(13)12-22(20,21)19-16-10-14-7-4-5-9-17(14)18-11-16/h2-11,19H,12H2,1H3. The van der Waals surface area contributed by atoms with E-state index < -0.39 is 10.0 Å². The number of anilines is 1. The largest absolute Gasteiger partial charge is 0.282 e. The predicted molar refractivity (Wildman–Crippen MR) is 89.2 cm³/mol. The van der Waals surface area contributed by atoms with Gasteiger partial charge in [0.2, 0.25) is 10.0 Å². The number of nitrogens with zero attached hydrogens (tertiary/aromatic N) is 1. The Bertz CT molecular complexity index is 921. The molecular formula is C17H16N2O2S. The molecule has 1 heterocycles. The number of hydrogen-bond donors (Lipinski definition) is 1. The summed E-state index contributed by atoms with van der Waals surface area (Å²) in [6, 6.07) is 16.9. The van der Waals surface area contributed by atoms with Crippen LogP contribution in [0.5, 0.6) is 0 Å². The average molecular weight is 312 g/mol. The maximum atomic E-state index is 12.3. The van der Waals surface area contributed by atoms with Crippen LogP contribution in [0.15, 0.2) is 60.8 Å². The second-order valence-corrected chi connectivity index (χ2v) is 6.93. The van der Waals surface area contributed by atoms with Gasteiger partial charge in [0.05, 0.1) is 23.2 Å². The summed E-state index contributed by atoms with van der Waals surface area (Å²) < 4.78 is 27.2. The minimum Gasteiger partial charge on any atom is -0.282 e. The van der Waals surface area contributed by atoms with E-state index in [2.05, 4.69) is 9.71 Å². The molecule has 112 valence electrons. The zero-order valence-electron chi connectivity index (χ0n) is 12.2. The third-order valence-corrected chi connectivity index (χ3v) is 4.71. The Morgan fingerprint density at radius 3 is 2.59 bits per heavy atom. The van der Waals surface area contributed by atoms with Gasteiger partial charge in [0.15, 0.2) is 0 Å². The molecule has 1 N–H and O–H groups in total. The summed E-state index contributed by atoms with van der Waals surface area (Å²) in [6.07, 6.45) is 1.54. The Labute approximate surface area is 129 Å². The third kappa shape index (κ3) is 3.26. The lowest BCUT2D eigenvalue weighted by molar-refractivity contribution is 0.600. The summed E-state index contributed by atoms with van der Waals surface area (Å²) in [7, 11) is -3.47. The third-order valence-electron chi connectivity index (χ3n) is 3.47. The number of sulfonamides is 1. The van der Waals surface area contributed by atoms with Crippen LogP contribution in [0, 0.1) is 6.92 Å². The minimum absolute atomic E-state index is 0.0491. The van der Waals surface area contributed by atoms with Gasteiger partial charge in [-0.15, -0.1) is 0 Å². The van der Waals surface area contributed by atoms with Crippen molar-refractivity contribution in [1.29, 1.82) is 0 Å². The van der Waals surface area contributed by atoms with E-state index in [1.165, 1.54) is 6.20 Å². The number of para-hydroxylation sites is 1. The van der Waals surface area contributed by atoms with E-state index >= 15 is 0 Å². The van der Waals surface area contributed by atoms with E-state index in [4.69, 9.17) is 0 Å². The normalized spacial score (nSPS) is 11.5. The predicted octanol–water partition coefficient (Wildman–Crippen LogP) is 3.49. The highest BCUT2D eigenvalue weighted by Gasteiger charge is 2.13. The molecule has 0 atom stereocenters. The summed E-state index contributed by atoms with van der Waals surface area (Å²) >= 11 is 0. The molecule has 0 unspecified atom stereocenters. The molecule has 1 aromatic heterocycles. The molecule has 3 aromatic rings. The van der Waals surface area contributed by atoms with Gasteiger partial charge in [-0.2, -0.15) is 0 Å². The molecular weight excluding hydrogens is 296 g/mol. The molecule has 0 saturated heterocycles. The second kappa shape index (κ2) is 5.77. The van der Waals surface area contributed by atoms with Crippen LogP contribution in [0.4, 0.5) is 5.69 Å². The van der Waals surface area contributed by atoms with Gasteiger partial charge >= 0.3 is 0 Å². The van der Waals surface area contributed by atoms with Crippen molar-refractivity contribution in [2.24, 2.45) is 0 Å². The molecule has 0 bridgehead atoms. The molecule has 2 aromatic carbocycles. The molecule has 0 amide bonds. The van der Waals surface area contributed by atoms with Gasteiger partial charge in [-0.1, -0.05) is 42.5 Å². The van der Waals surface area contributed by atoms with Gasteiger partial charge < -0.3 is 0 Å². The van der Waals surface area contributed by atoms with Crippen molar-refractivity contribution in [3.8, 4) is 0 Å². The summed E-state index contributed by atoms with van der Waals surface area (Å²) in [4.78, 5) is 4.26. The molecule has 0 radical (unpaired) electrons. The van der Waals surface area contributed by atoms with Crippen molar-refractivity contribution < 1.29 is 8.42 Å². The molecule has 0 fully saturated rings. The topological polar surface area (TPSA) is 59.1 Å². The minimum atomic E-state index is -3.47. The van der Waals surface area contributed by atoms with Crippen LogP contribution in [-0.4, -0.2) is 13.4 Å². The molecule has 0 aliphatic heterocycles. The van der Waals surface area contributed by atoms with Gasteiger partial charge in [0, 0.05) is 5.39 Å². The fraction of sp³-hybridized carbons (Fsp3) is 0.118. The van der Waals surface area contributed by atoms with Crippen molar-refractivity contribution in [2.75, 3.05) is 4.72 Å². The van der Waals surface area contributed by atoms with E-state index in [-0.39, 0.29) is 5.75 Å². The first-order valence-electron chi connectivity index (χ1n) is 6.93. The van der Waals surface area contributed by atoms with Crippen LogP contribution >= 0.6 is 0 Å². The molecule has 0 saturated carbocycles. The smallest absolute Gasteiger partial charge is 0.236 e. The van der Waals surface area contributed by atoms with Gasteiger partial charge in [0.1, 0.15) is 0 Å². The maximum Gasteiger partial charge on any atom is 0.236 e. The number of hydrogen-bond acceptors (Lipinski definition) is 3. The van der Waals surface area contributed by atoms with Gasteiger partial charge in [-0.25, -0.2) is 8.42 Å². The first-order valence-corrected chi connectivity index (χ1v) is 8.58. The van der Waals surface area contributed by atoms with E-state index in [9.17, 15) is 8.42 Å². The van der Waals surface area contributed by atoms with Crippen LogP contribution in [0.2, 0.25) is 0 Å². The lowest BCUT2D eigenvalue weighted by Gasteiger charge is -2.10. The number of rotatable bonds is 4. The zero-order chi connectivity index (χ0) is 15.6. The average Bonchev–Trinajstić information content (AvgIpc) is 2.49. The maximum absolute atomic E-state index is 12.3. The number of pyridine rings is 1. The molecule has 3 rings (SSSR count). The highest BCUT2D eigenvalue weighted by atomic mass is 32.2. The fourth-order valence-electron chi connectivity index (χ4n) is 2.32. The van der Waals surface area contributed by atoms with Crippen molar-refractivity contribution in [3.63, 3.8) is 0 Å². The van der Waals surface area contributed by atoms with Crippen LogP contribution in [0.25, 0.3) is 10.9 Å². The quantitative estimate of drug-likeness (QED) is 0.802. The first-order chi connectivity index (χ1) is 10.5. The Morgan fingerprint density at radius 2 is 1.77 bits per heavy atom. The number of benzene rings is 2. The van der Waals surface area contributed by atoms with E-state index in [1.54, 1.807) is 6.07 Å². The fourth-order valence-corrected chi connectivity index (χ4v) is 3.60. The Balaban J connectivity index is 1.85. The number of fused-ring (bicyclic) bond motifs is 1. The van der Waals surface area contributed by atoms with Crippen LogP contribution < -0.4 is 4.72 Å². The van der Waals surface area contributed by atoms with Crippen molar-refractivity contribution in [2.45, 2.75) is 12.7 Å². The van der Waals surface area contributed by atoms with Crippen LogP contribution in [-0.2, 0) is 15.8 Å². The second-order valence-electron chi connectivity index (χ2n) is 5.20. The summed E-state index contributed by atoms with van der Waals surface area (Å²) in [5.41, 5.74) is 3.07. The van der Waals surface area contributed by atoms with Crippen LogP contribution in [0.1, 0.15) is 11.1 Å². The molecule has 0 aliphatic carbocycles. The van der Waals surface area contributed by atoms with Crippen molar-refractivity contribution in [1.82, 2.24) is 4.98 Å². The van der Waals surface area contributed by atoms with E-state index in [0.717, 1.165) is 22.0 Å². The summed E-state index contributed by atoms with van der Waals surface area (Å²) in [6.45, 7) is 1.91. The Morgan fingerprint density at radius 1 is 1.05 bits per heavy atom. The highest BCUT2D eigenvalue weighted by molar-refractivity contribution is 7.91. The van der Waals surface area contributed by atoms with Gasteiger partial charge in [-0.3, -0.25) is 9.71 Å². The molecule has 0 aliphatic rings. The molecule has 5 heteroatoms. The number of aryl methyl sites for hydroxylation is 1. The first kappa shape index (κ1) is 14.5. The monoisotopic (exact) mass is 312 g/mol. The zero-order valence-corrected chi connectivity index (χ0v) is 13.0. The number of aromatic nitrogens is 1. The molecule has 22 heavy (non-hydrogen) atoms. The highest BCUT2D eigenvalue weighted by Crippen LogP contribution is 2.19. The summed E-state index contributed by atoms with van der Waals surface area (Å²) in [5.74, 6) is -0.0491. The van der Waals surface area contributed by atoms with Crippen molar-refractivity contribution in [3.05, 3.63) is 71.9 Å². The lowest BCUT2D eigenvalue weighted by atomic mass is 10.1. The van der Waals surface area contributed by atoms with Crippen LogP contribution in [0.3, 0.4) is 0 Å². The van der Waals surface area contributed by atoms with E-state index in [0.29, 0.717) is 5.69 Å². The SMILES string of the molecule is Cc1ccccc1CS(=O)(=O)Nc1cnc2ccccc2c1. The summed E-state index contributed by atoms with van der Waals surface area (Å²) in [5, 5.41) is 0.901. The molecule has 0 spiro atoms. The van der Waals surface area contributed by atoms with Gasteiger partial charge in [-0.05, 0) is 30.2 Å². The Kier molecular flexibility index (Phi) is 3.81. The van der Waals surface area contributed by atoms with Crippen molar-refractivity contribution >= 4 is 26.6 Å². The lowest BCUT2D eigenvalue weighted by Crippen LogP contribution is -2.15. The molecule has 4 nitrogen and oxygen atoms in total. The van der Waals surface area contributed by atoms with E-state index in [1.807, 2.05) is 55.5 Å². The van der Waals surface area contributed by atoms with Gasteiger partial charge in [0.25, 0.3) is 0 Å². The Hall–Kier alpha value is -2.40.